The van der Waals surface area contributed by atoms with Crippen LogP contribution < -0.4 is 0 Å². The summed E-state index contributed by atoms with van der Waals surface area (Å²) in [7, 11) is 0. The molecule has 0 aromatic heterocycles. The van der Waals surface area contributed by atoms with E-state index in [2.05, 4.69) is 0 Å². The second-order valence-electron chi connectivity index (χ2n) is 3.51. The van der Waals surface area contributed by atoms with Gasteiger partial charge in [-0.2, -0.15) is 0 Å². The first-order valence-electron chi connectivity index (χ1n) is 4.38. The minimum Gasteiger partial charge on any atom is -0.481 e. The van der Waals surface area contributed by atoms with Crippen molar-refractivity contribution in [3.05, 3.63) is 0 Å². The first-order valence-corrected chi connectivity index (χ1v) is 4.38. The summed E-state index contributed by atoms with van der Waals surface area (Å²) in [4.78, 5) is 20.7. The molecule has 4 heteroatoms. The molecule has 0 fully saturated rings. The van der Waals surface area contributed by atoms with E-state index in [0.717, 1.165) is 0 Å². The van der Waals surface area contributed by atoms with Crippen LogP contribution >= 0.6 is 0 Å². The second-order valence-corrected chi connectivity index (χ2v) is 3.51. The van der Waals surface area contributed by atoms with Crippen molar-refractivity contribution in [3.8, 4) is 0 Å². The van der Waals surface area contributed by atoms with Crippen LogP contribution in [0.3, 0.4) is 0 Å². The summed E-state index contributed by atoms with van der Waals surface area (Å²) < 4.78 is 0. The zero-order valence-corrected chi connectivity index (χ0v) is 7.99. The van der Waals surface area contributed by atoms with Gasteiger partial charge in [-0.3, -0.25) is 9.59 Å². The Balaban J connectivity index is 3.67. The number of hydrogen-bond donors (Lipinski definition) is 2. The molecule has 0 amide bonds. The predicted molar refractivity (Wildman–Crippen MR) is 47.5 cm³/mol. The molecule has 76 valence electrons. The zero-order chi connectivity index (χ0) is 10.4. The molecule has 0 radical (unpaired) electrons. The maximum Gasteiger partial charge on any atom is 0.306 e. The lowest BCUT2D eigenvalue weighted by atomic mass is 9.94. The van der Waals surface area contributed by atoms with Gasteiger partial charge in [-0.25, -0.2) is 0 Å². The van der Waals surface area contributed by atoms with Gasteiger partial charge < -0.3 is 10.2 Å². The van der Waals surface area contributed by atoms with E-state index >= 15 is 0 Å². The highest BCUT2D eigenvalue weighted by Crippen LogP contribution is 2.16. The summed E-state index contributed by atoms with van der Waals surface area (Å²) in [5, 5.41) is 17.0. The lowest BCUT2D eigenvalue weighted by Crippen LogP contribution is -2.13. The molecule has 0 saturated heterocycles. The van der Waals surface area contributed by atoms with Crippen molar-refractivity contribution in [2.45, 2.75) is 33.1 Å². The zero-order valence-electron chi connectivity index (χ0n) is 7.99. The maximum absolute atomic E-state index is 10.5. The fourth-order valence-corrected chi connectivity index (χ4v) is 1.19. The van der Waals surface area contributed by atoms with E-state index in [1.165, 1.54) is 0 Å². The smallest absolute Gasteiger partial charge is 0.306 e. The lowest BCUT2D eigenvalue weighted by molar-refractivity contribution is -0.141. The van der Waals surface area contributed by atoms with E-state index in [0.29, 0.717) is 12.8 Å². The van der Waals surface area contributed by atoms with Crippen molar-refractivity contribution in [3.63, 3.8) is 0 Å². The molecular weight excluding hydrogens is 172 g/mol. The highest BCUT2D eigenvalue weighted by atomic mass is 16.4. The number of aliphatic carboxylic acids is 2. The fraction of sp³-hybridized carbons (Fsp3) is 0.778. The minimum absolute atomic E-state index is 0.119. The molecule has 4 nitrogen and oxygen atoms in total. The quantitative estimate of drug-likeness (QED) is 0.663. The highest BCUT2D eigenvalue weighted by Gasteiger charge is 2.15. The van der Waals surface area contributed by atoms with Crippen LogP contribution in [-0.4, -0.2) is 22.2 Å². The summed E-state index contributed by atoms with van der Waals surface area (Å²) >= 11 is 0. The molecule has 2 N–H and O–H groups in total. The molecule has 2 atom stereocenters. The Hall–Kier alpha value is -1.06. The van der Waals surface area contributed by atoms with Crippen molar-refractivity contribution >= 4 is 11.9 Å². The van der Waals surface area contributed by atoms with Gasteiger partial charge in [-0.15, -0.1) is 0 Å². The number of carbonyl (C=O) groups is 2. The summed E-state index contributed by atoms with van der Waals surface area (Å²) in [6, 6.07) is 0. The molecule has 0 aliphatic carbocycles. The third-order valence-electron chi connectivity index (χ3n) is 2.03. The largest absolute Gasteiger partial charge is 0.481 e. The molecular formula is C9H16O4. The van der Waals surface area contributed by atoms with Crippen molar-refractivity contribution in [1.29, 1.82) is 0 Å². The van der Waals surface area contributed by atoms with E-state index in [1.54, 1.807) is 6.92 Å². The van der Waals surface area contributed by atoms with E-state index < -0.39 is 11.9 Å². The standard InChI is InChI=1S/C9H16O4/c1-6(3-4-8(10)11)5-7(2)9(12)13/h6-7H,3-5H2,1-2H3,(H,10,11)(H,12,13)/t6-,7+/m0/s1. The van der Waals surface area contributed by atoms with Gasteiger partial charge in [0.25, 0.3) is 0 Å². The summed E-state index contributed by atoms with van der Waals surface area (Å²) in [6.45, 7) is 3.52. The summed E-state index contributed by atoms with van der Waals surface area (Å²) in [5.41, 5.74) is 0. The van der Waals surface area contributed by atoms with Crippen LogP contribution in [0, 0.1) is 11.8 Å². The normalized spacial score (nSPS) is 14.9. The van der Waals surface area contributed by atoms with Gasteiger partial charge in [0.1, 0.15) is 0 Å². The van der Waals surface area contributed by atoms with Crippen molar-refractivity contribution in [2.75, 3.05) is 0 Å². The van der Waals surface area contributed by atoms with E-state index in [-0.39, 0.29) is 18.3 Å². The van der Waals surface area contributed by atoms with Gasteiger partial charge in [-0.1, -0.05) is 13.8 Å². The first-order chi connectivity index (χ1) is 5.93. The van der Waals surface area contributed by atoms with Gasteiger partial charge in [0.15, 0.2) is 0 Å². The molecule has 0 heterocycles. The van der Waals surface area contributed by atoms with E-state index in [4.69, 9.17) is 10.2 Å². The van der Waals surface area contributed by atoms with Gasteiger partial charge in [0.05, 0.1) is 5.92 Å². The second kappa shape index (κ2) is 5.56. The van der Waals surface area contributed by atoms with Crippen LogP contribution in [0.2, 0.25) is 0 Å². The lowest BCUT2D eigenvalue weighted by Gasteiger charge is -2.12. The predicted octanol–water partition coefficient (Wildman–Crippen LogP) is 1.60. The topological polar surface area (TPSA) is 74.6 Å². The number of carboxylic acid groups (broad SMARTS) is 2. The van der Waals surface area contributed by atoms with E-state index in [1.807, 2.05) is 6.92 Å². The number of carboxylic acids is 2. The van der Waals surface area contributed by atoms with Crippen LogP contribution in [-0.2, 0) is 9.59 Å². The Morgan fingerprint density at radius 2 is 1.77 bits per heavy atom. The van der Waals surface area contributed by atoms with Crippen molar-refractivity contribution in [1.82, 2.24) is 0 Å². The van der Waals surface area contributed by atoms with Crippen molar-refractivity contribution in [2.24, 2.45) is 11.8 Å². The molecule has 0 unspecified atom stereocenters. The molecule has 0 aliphatic heterocycles. The Labute approximate surface area is 77.6 Å². The molecule has 0 aromatic carbocycles. The Bertz CT molecular complexity index is 188. The monoisotopic (exact) mass is 188 g/mol. The SMILES string of the molecule is C[C@@H](CCC(=O)O)C[C@@H](C)C(=O)O. The summed E-state index contributed by atoms with van der Waals surface area (Å²) in [6.07, 6.45) is 1.21. The third-order valence-corrected chi connectivity index (χ3v) is 2.03. The molecule has 0 aliphatic rings. The van der Waals surface area contributed by atoms with Crippen LogP contribution in [0.4, 0.5) is 0 Å². The summed E-state index contributed by atoms with van der Waals surface area (Å²) in [5.74, 6) is -1.87. The average Bonchev–Trinajstić information content (AvgIpc) is 2.00. The van der Waals surface area contributed by atoms with Crippen molar-refractivity contribution < 1.29 is 19.8 Å². The van der Waals surface area contributed by atoms with Gasteiger partial charge in [-0.05, 0) is 18.8 Å². The van der Waals surface area contributed by atoms with Crippen LogP contribution in [0.5, 0.6) is 0 Å². The Kier molecular flexibility index (Phi) is 5.11. The molecule has 0 bridgehead atoms. The number of rotatable bonds is 6. The highest BCUT2D eigenvalue weighted by molar-refractivity contribution is 5.69. The van der Waals surface area contributed by atoms with E-state index in [9.17, 15) is 9.59 Å². The van der Waals surface area contributed by atoms with Gasteiger partial charge in [0, 0.05) is 6.42 Å². The Morgan fingerprint density at radius 1 is 1.23 bits per heavy atom. The fourth-order valence-electron chi connectivity index (χ4n) is 1.19. The van der Waals surface area contributed by atoms with Gasteiger partial charge >= 0.3 is 11.9 Å². The average molecular weight is 188 g/mol. The molecule has 0 saturated carbocycles. The molecule has 0 aromatic rings. The first kappa shape index (κ1) is 11.9. The van der Waals surface area contributed by atoms with Gasteiger partial charge in [0.2, 0.25) is 0 Å². The Morgan fingerprint density at radius 3 is 2.15 bits per heavy atom. The molecule has 0 spiro atoms. The molecule has 13 heavy (non-hydrogen) atoms. The maximum atomic E-state index is 10.5. The van der Waals surface area contributed by atoms with Crippen LogP contribution in [0.25, 0.3) is 0 Å². The third kappa shape index (κ3) is 6.13. The number of hydrogen-bond acceptors (Lipinski definition) is 2. The van der Waals surface area contributed by atoms with Crippen LogP contribution in [0.1, 0.15) is 33.1 Å². The van der Waals surface area contributed by atoms with Crippen LogP contribution in [0.15, 0.2) is 0 Å². The molecule has 0 rings (SSSR count). The minimum atomic E-state index is -0.824.